The zero-order valence-electron chi connectivity index (χ0n) is 15.2. The molecule has 2 aromatic rings. The van der Waals surface area contributed by atoms with Gasteiger partial charge in [-0.3, -0.25) is 0 Å². The molecule has 0 N–H and O–H groups in total. The van der Waals surface area contributed by atoms with E-state index in [0.717, 1.165) is 42.4 Å². The molecule has 25 heavy (non-hydrogen) atoms. The van der Waals surface area contributed by atoms with Crippen molar-refractivity contribution in [2.75, 3.05) is 19.8 Å². The Morgan fingerprint density at radius 1 is 1.36 bits per heavy atom. The first-order valence-electron chi connectivity index (χ1n) is 8.72. The quantitative estimate of drug-likeness (QED) is 0.580. The van der Waals surface area contributed by atoms with Crippen LogP contribution in [-0.2, 0) is 16.2 Å². The minimum absolute atomic E-state index is 0.487. The van der Waals surface area contributed by atoms with E-state index < -0.39 is 8.07 Å². The van der Waals surface area contributed by atoms with Crippen molar-refractivity contribution in [2.45, 2.75) is 38.8 Å². The summed E-state index contributed by atoms with van der Waals surface area (Å²) in [5.41, 5.74) is 3.83. The average molecular weight is 356 g/mol. The second kappa shape index (κ2) is 7.52. The molecule has 2 aromatic heterocycles. The molecule has 0 fully saturated rings. The van der Waals surface area contributed by atoms with Gasteiger partial charge in [-0.2, -0.15) is 5.26 Å². The van der Waals surface area contributed by atoms with Crippen LogP contribution in [0.15, 0.2) is 24.4 Å². The van der Waals surface area contributed by atoms with Gasteiger partial charge in [-0.05, 0) is 30.2 Å². The zero-order valence-corrected chi connectivity index (χ0v) is 16.2. The van der Waals surface area contributed by atoms with Crippen LogP contribution in [0.1, 0.15) is 17.7 Å². The van der Waals surface area contributed by atoms with Crippen LogP contribution in [0.25, 0.3) is 16.6 Å². The third-order valence-electron chi connectivity index (χ3n) is 4.37. The summed E-state index contributed by atoms with van der Waals surface area (Å²) in [6.45, 7) is 9.69. The van der Waals surface area contributed by atoms with E-state index in [1.165, 1.54) is 5.57 Å². The molecule has 0 aromatic carbocycles. The van der Waals surface area contributed by atoms with Crippen molar-refractivity contribution < 1.29 is 9.47 Å². The van der Waals surface area contributed by atoms with E-state index in [0.29, 0.717) is 18.9 Å². The summed E-state index contributed by atoms with van der Waals surface area (Å²) in [5, 5.41) is 10.1. The van der Waals surface area contributed by atoms with E-state index >= 15 is 0 Å². The number of fused-ring (bicyclic) bond motifs is 1. The number of nitrogens with zero attached hydrogens (tertiary/aromatic N) is 3. The van der Waals surface area contributed by atoms with Gasteiger partial charge in [0.1, 0.15) is 18.4 Å². The van der Waals surface area contributed by atoms with Gasteiger partial charge in [-0.25, -0.2) is 4.98 Å². The maximum Gasteiger partial charge on any atom is 0.142 e. The lowest BCUT2D eigenvalue weighted by Gasteiger charge is -2.18. The molecule has 0 aliphatic carbocycles. The molecule has 0 unspecified atom stereocenters. The molecule has 3 rings (SSSR count). The standard InChI is InChI=1S/C19H25N3O2Si/c1-25(2,3)9-8-24-14-22-18(16-4-6-23-7-5-16)11-17-10-15(12-20)13-21-19(17)22/h4,10-11,13H,5-9,14H2,1-3H3. The van der Waals surface area contributed by atoms with Crippen LogP contribution in [0, 0.1) is 11.3 Å². The van der Waals surface area contributed by atoms with Crippen LogP contribution in [0.4, 0.5) is 0 Å². The molecule has 3 heterocycles. The number of rotatable bonds is 6. The fraction of sp³-hybridized carbons (Fsp3) is 0.474. The first-order valence-corrected chi connectivity index (χ1v) is 12.4. The van der Waals surface area contributed by atoms with E-state index in [1.54, 1.807) is 6.20 Å². The fourth-order valence-electron chi connectivity index (χ4n) is 2.90. The highest BCUT2D eigenvalue weighted by atomic mass is 28.3. The van der Waals surface area contributed by atoms with E-state index in [-0.39, 0.29) is 0 Å². The molecule has 0 saturated heterocycles. The molecule has 1 aliphatic heterocycles. The van der Waals surface area contributed by atoms with Crippen LogP contribution in [-0.4, -0.2) is 37.4 Å². The summed E-state index contributed by atoms with van der Waals surface area (Å²) in [6.07, 6.45) is 4.64. The fourth-order valence-corrected chi connectivity index (χ4v) is 3.65. The van der Waals surface area contributed by atoms with Gasteiger partial charge >= 0.3 is 0 Å². The smallest absolute Gasteiger partial charge is 0.142 e. The highest BCUT2D eigenvalue weighted by molar-refractivity contribution is 6.76. The Labute approximate surface area is 149 Å². The Morgan fingerprint density at radius 2 is 2.20 bits per heavy atom. The number of ether oxygens (including phenoxy) is 2. The first kappa shape index (κ1) is 17.9. The topological polar surface area (TPSA) is 60.1 Å². The summed E-state index contributed by atoms with van der Waals surface area (Å²) >= 11 is 0. The molecule has 0 bridgehead atoms. The van der Waals surface area contributed by atoms with Crippen molar-refractivity contribution in [1.29, 1.82) is 5.26 Å². The van der Waals surface area contributed by atoms with E-state index in [1.807, 2.05) is 6.07 Å². The maximum absolute atomic E-state index is 9.13. The van der Waals surface area contributed by atoms with Gasteiger partial charge < -0.3 is 14.0 Å². The molecule has 0 saturated carbocycles. The molecule has 132 valence electrons. The van der Waals surface area contributed by atoms with Gasteiger partial charge in [-0.1, -0.05) is 25.7 Å². The third-order valence-corrected chi connectivity index (χ3v) is 6.08. The molecule has 6 heteroatoms. The molecular weight excluding hydrogens is 330 g/mol. The largest absolute Gasteiger partial charge is 0.377 e. The van der Waals surface area contributed by atoms with E-state index in [4.69, 9.17) is 14.7 Å². The summed E-state index contributed by atoms with van der Waals surface area (Å²) in [7, 11) is -1.11. The van der Waals surface area contributed by atoms with Gasteiger partial charge in [0.2, 0.25) is 0 Å². The van der Waals surface area contributed by atoms with Gasteiger partial charge in [0, 0.05) is 32.0 Å². The predicted molar refractivity (Wildman–Crippen MR) is 102 cm³/mol. The Balaban J connectivity index is 1.90. The molecule has 5 nitrogen and oxygen atoms in total. The maximum atomic E-state index is 9.13. The molecule has 0 amide bonds. The zero-order chi connectivity index (χ0) is 17.9. The summed E-state index contributed by atoms with van der Waals surface area (Å²) < 4.78 is 13.5. The van der Waals surface area contributed by atoms with Gasteiger partial charge in [0.05, 0.1) is 18.8 Å². The van der Waals surface area contributed by atoms with Crippen LogP contribution in [0.2, 0.25) is 25.7 Å². The molecular formula is C19H25N3O2Si. The lowest BCUT2D eigenvalue weighted by molar-refractivity contribution is 0.0891. The summed E-state index contributed by atoms with van der Waals surface area (Å²) in [4.78, 5) is 4.51. The number of pyridine rings is 1. The number of nitriles is 1. The average Bonchev–Trinajstić information content (AvgIpc) is 2.96. The van der Waals surface area contributed by atoms with Gasteiger partial charge in [-0.15, -0.1) is 0 Å². The van der Waals surface area contributed by atoms with Crippen molar-refractivity contribution in [2.24, 2.45) is 0 Å². The predicted octanol–water partition coefficient (Wildman–Crippen LogP) is 4.02. The van der Waals surface area contributed by atoms with Crippen molar-refractivity contribution in [3.63, 3.8) is 0 Å². The van der Waals surface area contributed by atoms with Crippen molar-refractivity contribution in [1.82, 2.24) is 9.55 Å². The van der Waals surface area contributed by atoms with Crippen LogP contribution >= 0.6 is 0 Å². The SMILES string of the molecule is C[Si](C)(C)CCOCn1c(C2=CCOCC2)cc2cc(C#N)cnc21. The Morgan fingerprint density at radius 3 is 2.88 bits per heavy atom. The Bertz CT molecular complexity index is 828. The van der Waals surface area contributed by atoms with Crippen LogP contribution in [0.3, 0.4) is 0 Å². The monoisotopic (exact) mass is 355 g/mol. The highest BCUT2D eigenvalue weighted by Crippen LogP contribution is 2.28. The number of aromatic nitrogens is 2. The third kappa shape index (κ3) is 4.37. The second-order valence-corrected chi connectivity index (χ2v) is 13.2. The minimum Gasteiger partial charge on any atom is -0.377 e. The van der Waals surface area contributed by atoms with Crippen molar-refractivity contribution in [3.05, 3.63) is 35.7 Å². The minimum atomic E-state index is -1.11. The summed E-state index contributed by atoms with van der Waals surface area (Å²) in [6, 6.07) is 7.31. The second-order valence-electron chi connectivity index (χ2n) is 7.61. The molecule has 0 spiro atoms. The molecule has 0 atom stereocenters. The summed E-state index contributed by atoms with van der Waals surface area (Å²) in [5.74, 6) is 0. The van der Waals surface area contributed by atoms with Gasteiger partial charge in [0.15, 0.2) is 0 Å². The van der Waals surface area contributed by atoms with Crippen LogP contribution in [0.5, 0.6) is 0 Å². The lowest BCUT2D eigenvalue weighted by Crippen LogP contribution is -2.22. The Hall–Kier alpha value is -1.94. The van der Waals surface area contributed by atoms with Crippen molar-refractivity contribution >= 4 is 24.7 Å². The van der Waals surface area contributed by atoms with E-state index in [2.05, 4.69) is 47.4 Å². The Kier molecular flexibility index (Phi) is 5.38. The van der Waals surface area contributed by atoms with Crippen molar-refractivity contribution in [3.8, 4) is 6.07 Å². The lowest BCUT2D eigenvalue weighted by atomic mass is 10.1. The molecule has 0 radical (unpaired) electrons. The number of hydrogen-bond acceptors (Lipinski definition) is 4. The normalized spacial score (nSPS) is 15.2. The first-order chi connectivity index (χ1) is 12.0. The number of hydrogen-bond donors (Lipinski definition) is 0. The van der Waals surface area contributed by atoms with E-state index in [9.17, 15) is 0 Å². The van der Waals surface area contributed by atoms with Crippen LogP contribution < -0.4 is 0 Å². The molecule has 1 aliphatic rings. The highest BCUT2D eigenvalue weighted by Gasteiger charge is 2.17. The van der Waals surface area contributed by atoms with Gasteiger partial charge in [0.25, 0.3) is 0 Å².